The number of methoxy groups -OCH3 is 1. The van der Waals surface area contributed by atoms with Gasteiger partial charge < -0.3 is 9.30 Å². The van der Waals surface area contributed by atoms with Gasteiger partial charge in [0.2, 0.25) is 0 Å². The molecule has 5 nitrogen and oxygen atoms in total. The number of Topliss-reactive ketones (excluding diaryl/α,β-unsaturated/α-hetero) is 1. The minimum absolute atomic E-state index is 0.178. The number of ether oxygens (including phenoxy) is 1. The number of rotatable bonds is 2. The largest absolute Gasteiger partial charge is 0.468 e. The van der Waals surface area contributed by atoms with Crippen molar-refractivity contribution in [2.24, 2.45) is 5.92 Å². The summed E-state index contributed by atoms with van der Waals surface area (Å²) in [5.41, 5.74) is 1.47. The van der Waals surface area contributed by atoms with Crippen LogP contribution >= 0.6 is 11.8 Å². The quantitative estimate of drug-likeness (QED) is 0.619. The van der Waals surface area contributed by atoms with Gasteiger partial charge in [-0.25, -0.2) is 0 Å². The molecule has 6 heteroatoms. The fraction of sp³-hybridized carbons (Fsp3) is 0.308. The van der Waals surface area contributed by atoms with Crippen LogP contribution in [-0.4, -0.2) is 34.7 Å². The number of carbonyl (C=O) groups excluding carboxylic acids is 2. The van der Waals surface area contributed by atoms with Crippen molar-refractivity contribution in [1.29, 1.82) is 0 Å². The van der Waals surface area contributed by atoms with E-state index >= 15 is 0 Å². The van der Waals surface area contributed by atoms with Crippen LogP contribution in [0.3, 0.4) is 0 Å². The molecule has 1 aliphatic rings. The molecular weight excluding hydrogens is 264 g/mol. The summed E-state index contributed by atoms with van der Waals surface area (Å²) >= 11 is 1.47. The number of aromatic nitrogens is 2. The molecule has 0 saturated heterocycles. The smallest absolute Gasteiger partial charge is 0.319 e. The summed E-state index contributed by atoms with van der Waals surface area (Å²) in [6.07, 6.45) is 5.29. The molecule has 0 radical (unpaired) electrons. The fourth-order valence-electron chi connectivity index (χ4n) is 2.57. The highest BCUT2D eigenvalue weighted by Crippen LogP contribution is 2.42. The Balaban J connectivity index is 2.21. The molecule has 0 spiro atoms. The average molecular weight is 276 g/mol. The third-order valence-electron chi connectivity index (χ3n) is 3.41. The Labute approximate surface area is 113 Å². The van der Waals surface area contributed by atoms with Crippen molar-refractivity contribution in [2.75, 3.05) is 13.4 Å². The molecule has 0 aliphatic carbocycles. The van der Waals surface area contributed by atoms with E-state index < -0.39 is 11.9 Å². The average Bonchev–Trinajstić information content (AvgIpc) is 2.94. The molecule has 3 heterocycles. The molecule has 2 atom stereocenters. The van der Waals surface area contributed by atoms with Crippen LogP contribution in [0.15, 0.2) is 24.5 Å². The van der Waals surface area contributed by atoms with Crippen LogP contribution in [0.4, 0.5) is 0 Å². The van der Waals surface area contributed by atoms with Gasteiger partial charge in [0, 0.05) is 17.8 Å². The van der Waals surface area contributed by atoms with Gasteiger partial charge >= 0.3 is 5.97 Å². The minimum atomic E-state index is -0.757. The molecule has 2 unspecified atom stereocenters. The van der Waals surface area contributed by atoms with Crippen LogP contribution in [0.25, 0.3) is 10.9 Å². The highest BCUT2D eigenvalue weighted by molar-refractivity contribution is 7.98. The molecule has 0 amide bonds. The lowest BCUT2D eigenvalue weighted by Gasteiger charge is -2.17. The molecule has 2 aromatic rings. The number of carbonyl (C=O) groups is 2. The molecule has 19 heavy (non-hydrogen) atoms. The zero-order valence-corrected chi connectivity index (χ0v) is 11.3. The second-order valence-corrected chi connectivity index (χ2v) is 5.28. The van der Waals surface area contributed by atoms with Crippen LogP contribution in [0.2, 0.25) is 0 Å². The summed E-state index contributed by atoms with van der Waals surface area (Å²) in [7, 11) is 1.31. The topological polar surface area (TPSA) is 61.2 Å². The van der Waals surface area contributed by atoms with Gasteiger partial charge in [0.15, 0.2) is 11.7 Å². The van der Waals surface area contributed by atoms with Crippen molar-refractivity contribution in [1.82, 2.24) is 9.55 Å². The number of ketones is 1. The van der Waals surface area contributed by atoms with Gasteiger partial charge in [-0.15, -0.1) is 11.8 Å². The maximum Gasteiger partial charge on any atom is 0.319 e. The number of nitrogens with zero attached hydrogens (tertiary/aromatic N) is 2. The predicted octanol–water partition coefficient (Wildman–Crippen LogP) is 1.88. The maximum atomic E-state index is 12.4. The van der Waals surface area contributed by atoms with E-state index in [2.05, 4.69) is 4.98 Å². The summed E-state index contributed by atoms with van der Waals surface area (Å²) in [5.74, 6) is -1.41. The SMILES string of the molecule is COC(=O)C1C(=O)c2cc3cnccc3n2C1SC. The van der Waals surface area contributed by atoms with E-state index in [1.807, 2.05) is 16.9 Å². The summed E-state index contributed by atoms with van der Waals surface area (Å²) in [4.78, 5) is 28.2. The van der Waals surface area contributed by atoms with E-state index in [1.165, 1.54) is 18.9 Å². The highest BCUT2D eigenvalue weighted by Gasteiger charge is 2.45. The zero-order chi connectivity index (χ0) is 13.6. The number of fused-ring (bicyclic) bond motifs is 3. The lowest BCUT2D eigenvalue weighted by atomic mass is 10.1. The monoisotopic (exact) mass is 276 g/mol. The fourth-order valence-corrected chi connectivity index (χ4v) is 3.52. The van der Waals surface area contributed by atoms with E-state index in [-0.39, 0.29) is 11.2 Å². The number of hydrogen-bond acceptors (Lipinski definition) is 5. The molecule has 98 valence electrons. The standard InChI is InChI=1S/C13H12N2O3S/c1-18-13(17)10-11(16)9-5-7-6-14-4-3-8(7)15(9)12(10)19-2/h3-6,10,12H,1-2H3. The first kappa shape index (κ1) is 12.2. The summed E-state index contributed by atoms with van der Waals surface area (Å²) in [5, 5.41) is 0.656. The first-order valence-electron chi connectivity index (χ1n) is 5.79. The maximum absolute atomic E-state index is 12.4. The third-order valence-corrected chi connectivity index (χ3v) is 4.38. The summed E-state index contributed by atoms with van der Waals surface area (Å²) in [6.45, 7) is 0. The normalized spacial score (nSPS) is 21.7. The number of hydrogen-bond donors (Lipinski definition) is 0. The lowest BCUT2D eigenvalue weighted by molar-refractivity contribution is -0.143. The van der Waals surface area contributed by atoms with Gasteiger partial charge in [-0.3, -0.25) is 14.6 Å². The Bertz CT molecular complexity index is 680. The second kappa shape index (κ2) is 4.38. The molecular formula is C13H12N2O3S. The number of esters is 1. The Morgan fingerprint density at radius 1 is 1.53 bits per heavy atom. The van der Waals surface area contributed by atoms with Gasteiger partial charge in [0.05, 0.1) is 18.3 Å². The van der Waals surface area contributed by atoms with Gasteiger partial charge in [0.1, 0.15) is 5.37 Å². The molecule has 1 aliphatic heterocycles. The third kappa shape index (κ3) is 1.59. The minimum Gasteiger partial charge on any atom is -0.468 e. The molecule has 3 rings (SSSR count). The van der Waals surface area contributed by atoms with E-state index in [0.717, 1.165) is 10.9 Å². The molecule has 0 saturated carbocycles. The van der Waals surface area contributed by atoms with Crippen LogP contribution in [0.1, 0.15) is 15.9 Å². The van der Waals surface area contributed by atoms with Crippen molar-refractivity contribution in [2.45, 2.75) is 5.37 Å². The molecule has 0 N–H and O–H groups in total. The molecule has 0 bridgehead atoms. The summed E-state index contributed by atoms with van der Waals surface area (Å²) in [6, 6.07) is 3.64. The van der Waals surface area contributed by atoms with Crippen molar-refractivity contribution in [3.8, 4) is 0 Å². The van der Waals surface area contributed by atoms with Crippen LogP contribution in [0.5, 0.6) is 0 Å². The van der Waals surface area contributed by atoms with E-state index in [9.17, 15) is 9.59 Å². The molecule has 2 aromatic heterocycles. The molecule has 0 fully saturated rings. The van der Waals surface area contributed by atoms with Crippen molar-refractivity contribution in [3.05, 3.63) is 30.2 Å². The second-order valence-electron chi connectivity index (χ2n) is 4.33. The highest BCUT2D eigenvalue weighted by atomic mass is 32.2. The van der Waals surface area contributed by atoms with E-state index in [1.54, 1.807) is 18.5 Å². The van der Waals surface area contributed by atoms with Gasteiger partial charge in [-0.2, -0.15) is 0 Å². The first-order chi connectivity index (χ1) is 9.19. The zero-order valence-electron chi connectivity index (χ0n) is 10.5. The van der Waals surface area contributed by atoms with Crippen LogP contribution < -0.4 is 0 Å². The van der Waals surface area contributed by atoms with E-state index in [4.69, 9.17) is 4.74 Å². The first-order valence-corrected chi connectivity index (χ1v) is 7.07. The van der Waals surface area contributed by atoms with Gasteiger partial charge in [-0.1, -0.05) is 0 Å². The summed E-state index contributed by atoms with van der Waals surface area (Å²) < 4.78 is 6.66. The van der Waals surface area contributed by atoms with Gasteiger partial charge in [-0.05, 0) is 18.4 Å². The lowest BCUT2D eigenvalue weighted by Crippen LogP contribution is -2.25. The molecule has 0 aromatic carbocycles. The van der Waals surface area contributed by atoms with E-state index in [0.29, 0.717) is 5.69 Å². The Kier molecular flexibility index (Phi) is 2.82. The van der Waals surface area contributed by atoms with Crippen molar-refractivity contribution in [3.63, 3.8) is 0 Å². The van der Waals surface area contributed by atoms with Crippen molar-refractivity contribution >= 4 is 34.4 Å². The van der Waals surface area contributed by atoms with Crippen LogP contribution in [-0.2, 0) is 9.53 Å². The number of thioether (sulfide) groups is 1. The van der Waals surface area contributed by atoms with Crippen LogP contribution in [0, 0.1) is 5.92 Å². The Morgan fingerprint density at radius 3 is 3.00 bits per heavy atom. The van der Waals surface area contributed by atoms with Crippen molar-refractivity contribution < 1.29 is 14.3 Å². The Hall–Kier alpha value is -1.82. The van der Waals surface area contributed by atoms with Gasteiger partial charge in [0.25, 0.3) is 0 Å². The predicted molar refractivity (Wildman–Crippen MR) is 72.1 cm³/mol. The Morgan fingerprint density at radius 2 is 2.32 bits per heavy atom. The number of pyridine rings is 1.